The van der Waals surface area contributed by atoms with Crippen LogP contribution in [0, 0.1) is 0 Å². The molecule has 0 saturated carbocycles. The molecule has 13 nitrogen and oxygen atoms in total. The highest BCUT2D eigenvalue weighted by Gasteiger charge is 2.39. The Hall–Kier alpha value is -4.25. The summed E-state index contributed by atoms with van der Waals surface area (Å²) in [6, 6.07) is 11.0. The number of carbonyl (C=O) groups excluding carboxylic acids is 1. The monoisotopic (exact) mass is 786 g/mol. The third-order valence-electron chi connectivity index (χ3n) is 7.05. The van der Waals surface area contributed by atoms with E-state index in [0.29, 0.717) is 16.4 Å². The first-order chi connectivity index (χ1) is 23.6. The van der Waals surface area contributed by atoms with Crippen molar-refractivity contribution in [1.29, 1.82) is 0 Å². The van der Waals surface area contributed by atoms with E-state index in [4.69, 9.17) is 19.8 Å². The van der Waals surface area contributed by atoms with Gasteiger partial charge in [-0.05, 0) is 23.6 Å². The van der Waals surface area contributed by atoms with Crippen LogP contribution < -0.4 is 4.31 Å². The molecule has 1 aliphatic rings. The number of halogens is 6. The third kappa shape index (κ3) is 11.4. The van der Waals surface area contributed by atoms with Gasteiger partial charge in [-0.25, -0.2) is 23.0 Å². The van der Waals surface area contributed by atoms with Crippen molar-refractivity contribution >= 4 is 67.1 Å². The molecule has 1 amide bonds. The molecular weight excluding hydrogens is 755 g/mol. The lowest BCUT2D eigenvalue weighted by atomic mass is 10.2. The maximum Gasteiger partial charge on any atom is 0.490 e. The number of aliphatic carboxylic acids is 2. The fourth-order valence-corrected chi connectivity index (χ4v) is 7.65. The second kappa shape index (κ2) is 16.8. The molecule has 1 aromatic carbocycles. The first-order valence-corrected chi connectivity index (χ1v) is 17.6. The lowest BCUT2D eigenvalue weighted by Crippen LogP contribution is -2.48. The van der Waals surface area contributed by atoms with Crippen molar-refractivity contribution in [2.45, 2.75) is 23.1 Å². The highest BCUT2D eigenvalue weighted by Crippen LogP contribution is 2.35. The number of benzene rings is 1. The molecule has 0 atom stereocenters. The van der Waals surface area contributed by atoms with Crippen molar-refractivity contribution in [3.05, 3.63) is 52.9 Å². The number of aromatic nitrogens is 2. The largest absolute Gasteiger partial charge is 0.490 e. The molecule has 1 fully saturated rings. The number of rotatable bonds is 8. The van der Waals surface area contributed by atoms with Gasteiger partial charge in [0.05, 0.1) is 23.4 Å². The maximum absolute atomic E-state index is 13.1. The van der Waals surface area contributed by atoms with E-state index in [2.05, 4.69) is 19.8 Å². The van der Waals surface area contributed by atoms with Gasteiger partial charge in [-0.15, -0.1) is 22.7 Å². The molecule has 0 bridgehead atoms. The third-order valence-corrected chi connectivity index (χ3v) is 11.2. The Morgan fingerprint density at radius 1 is 0.922 bits per heavy atom. The van der Waals surface area contributed by atoms with Gasteiger partial charge in [-0.3, -0.25) is 18.9 Å². The minimum Gasteiger partial charge on any atom is -0.475 e. The first kappa shape index (κ1) is 41.2. The van der Waals surface area contributed by atoms with Crippen LogP contribution in [0.15, 0.2) is 52.2 Å². The van der Waals surface area contributed by atoms with E-state index in [9.17, 15) is 39.6 Å². The average molecular weight is 787 g/mol. The summed E-state index contributed by atoms with van der Waals surface area (Å²) in [5, 5.41) is 17.8. The van der Waals surface area contributed by atoms with Gasteiger partial charge < -0.3 is 20.1 Å². The summed E-state index contributed by atoms with van der Waals surface area (Å²) in [4.78, 5) is 45.2. The lowest BCUT2D eigenvalue weighted by Gasteiger charge is -2.34. The minimum absolute atomic E-state index is 0.136. The van der Waals surface area contributed by atoms with E-state index in [1.165, 1.54) is 20.5 Å². The number of likely N-dealkylation sites (N-methyl/N-ethyl adjacent to an activating group) is 1. The average Bonchev–Trinajstić information content (AvgIpc) is 3.83. The first-order valence-electron chi connectivity index (χ1n) is 14.5. The zero-order valence-electron chi connectivity index (χ0n) is 27.0. The topological polar surface area (TPSA) is 167 Å². The van der Waals surface area contributed by atoms with Gasteiger partial charge in [-0.2, -0.15) is 26.3 Å². The Morgan fingerprint density at radius 2 is 1.49 bits per heavy atom. The molecule has 4 heterocycles. The van der Waals surface area contributed by atoms with E-state index >= 15 is 0 Å². The zero-order chi connectivity index (χ0) is 38.3. The Morgan fingerprint density at radius 3 is 2.00 bits per heavy atom. The molecule has 0 radical (unpaired) electrons. The molecule has 0 unspecified atom stereocenters. The van der Waals surface area contributed by atoms with Gasteiger partial charge in [0.15, 0.2) is 0 Å². The van der Waals surface area contributed by atoms with Crippen molar-refractivity contribution < 1.29 is 59.4 Å². The van der Waals surface area contributed by atoms with Gasteiger partial charge in [0, 0.05) is 70.3 Å². The number of carboxylic acid groups (broad SMARTS) is 2. The lowest BCUT2D eigenvalue weighted by molar-refractivity contribution is -0.193. The number of nitrogens with zero attached hydrogens (tertiary/aromatic N) is 5. The second-order valence-electron chi connectivity index (χ2n) is 10.9. The molecule has 0 aliphatic carbocycles. The number of hydrogen-bond donors (Lipinski definition) is 3. The molecule has 4 aromatic rings. The molecular formula is C29H32F6N6O7S3. The summed E-state index contributed by atoms with van der Waals surface area (Å²) in [5.74, 6) is -5.38. The number of piperazine rings is 1. The van der Waals surface area contributed by atoms with Crippen LogP contribution in [0.3, 0.4) is 0 Å². The molecule has 22 heteroatoms. The van der Waals surface area contributed by atoms with Crippen LogP contribution in [0.5, 0.6) is 0 Å². The predicted molar refractivity (Wildman–Crippen MR) is 177 cm³/mol. The van der Waals surface area contributed by atoms with Crippen molar-refractivity contribution in [1.82, 2.24) is 24.7 Å². The molecule has 3 aromatic heterocycles. The van der Waals surface area contributed by atoms with E-state index < -0.39 is 34.3 Å². The number of thiazole rings is 1. The molecule has 3 N–H and O–H groups in total. The number of carbonyl (C=O) groups is 3. The number of thiophene rings is 1. The standard InChI is InChI=1S/C25H30N6O3S3.2C2HF3O2/c1-28(2)22(32)17-31-11-9-30(10-12-31)16-19-15-26-25(36-19)20-14-18-6-4-7-21(24(18)27-20)29(3)37(33,34)23-8-5-13-35-23;2*3-2(4,5)1(6)7/h4-8,13-15,27H,9-12,16-17H2,1-3H3;2*(H,6,7). The van der Waals surface area contributed by atoms with E-state index in [0.717, 1.165) is 54.3 Å². The Balaban J connectivity index is 0.000000424. The quantitative estimate of drug-likeness (QED) is 0.214. The van der Waals surface area contributed by atoms with Crippen molar-refractivity contribution in [2.75, 3.05) is 58.2 Å². The van der Waals surface area contributed by atoms with E-state index in [1.807, 2.05) is 30.5 Å². The molecule has 0 spiro atoms. The van der Waals surface area contributed by atoms with Crippen LogP contribution in [0.25, 0.3) is 21.6 Å². The highest BCUT2D eigenvalue weighted by atomic mass is 32.2. The number of alkyl halides is 6. The number of amides is 1. The number of carboxylic acids is 2. The van der Waals surface area contributed by atoms with Gasteiger partial charge >= 0.3 is 24.3 Å². The van der Waals surface area contributed by atoms with Gasteiger partial charge in [-0.1, -0.05) is 18.2 Å². The summed E-state index contributed by atoms with van der Waals surface area (Å²) < 4.78 is 91.3. The van der Waals surface area contributed by atoms with Crippen molar-refractivity contribution in [2.24, 2.45) is 0 Å². The van der Waals surface area contributed by atoms with Gasteiger partial charge in [0.2, 0.25) is 5.91 Å². The van der Waals surface area contributed by atoms with E-state index in [-0.39, 0.29) is 5.91 Å². The number of hydrogen-bond acceptors (Lipinski definition) is 10. The molecule has 1 saturated heterocycles. The van der Waals surface area contributed by atoms with Crippen LogP contribution in [0.1, 0.15) is 4.88 Å². The van der Waals surface area contributed by atoms with E-state index in [1.54, 1.807) is 54.9 Å². The van der Waals surface area contributed by atoms with Crippen LogP contribution in [0.2, 0.25) is 0 Å². The van der Waals surface area contributed by atoms with Gasteiger partial charge in [0.1, 0.15) is 9.22 Å². The maximum atomic E-state index is 13.1. The molecule has 280 valence electrons. The second-order valence-corrected chi connectivity index (χ2v) is 15.2. The number of para-hydroxylation sites is 1. The number of sulfonamides is 1. The smallest absolute Gasteiger partial charge is 0.475 e. The molecule has 5 rings (SSSR count). The van der Waals surface area contributed by atoms with Crippen molar-refractivity contribution in [3.8, 4) is 10.7 Å². The zero-order valence-corrected chi connectivity index (χ0v) is 29.5. The van der Waals surface area contributed by atoms with Gasteiger partial charge in [0.25, 0.3) is 10.0 Å². The fourth-order valence-electron chi connectivity index (χ4n) is 4.36. The Bertz CT molecular complexity index is 1880. The summed E-state index contributed by atoms with van der Waals surface area (Å²) in [6.45, 7) is 4.86. The number of nitrogens with one attached hydrogen (secondary N) is 1. The normalized spacial score (nSPS) is 14.2. The summed E-state index contributed by atoms with van der Waals surface area (Å²) in [7, 11) is 1.53. The van der Waals surface area contributed by atoms with Crippen molar-refractivity contribution in [3.63, 3.8) is 0 Å². The summed E-state index contributed by atoms with van der Waals surface area (Å²) in [6.07, 6.45) is -8.25. The summed E-state index contributed by atoms with van der Waals surface area (Å²) >= 11 is 2.85. The number of H-pyrrole nitrogens is 1. The number of aromatic amines is 1. The SMILES string of the molecule is CN(C)C(=O)CN1CCN(Cc2cnc(-c3cc4cccc(N(C)S(=O)(=O)c5cccs5)c4[nH]3)s2)CC1.O=C(O)C(F)(F)F.O=C(O)C(F)(F)F. The summed E-state index contributed by atoms with van der Waals surface area (Å²) in [5.41, 5.74) is 2.23. The minimum atomic E-state index is -5.08. The number of anilines is 1. The predicted octanol–water partition coefficient (Wildman–Crippen LogP) is 4.65. The Labute approximate surface area is 295 Å². The van der Waals surface area contributed by atoms with Crippen LogP contribution >= 0.6 is 22.7 Å². The fraction of sp³-hybridized carbons (Fsp3) is 0.379. The van der Waals surface area contributed by atoms with Crippen LogP contribution in [-0.2, 0) is 31.0 Å². The van der Waals surface area contributed by atoms with Crippen LogP contribution in [0.4, 0.5) is 32.0 Å². The van der Waals surface area contributed by atoms with Crippen LogP contribution in [-0.4, -0.2) is 127 Å². The highest BCUT2D eigenvalue weighted by molar-refractivity contribution is 7.94. The molecule has 51 heavy (non-hydrogen) atoms. The molecule has 1 aliphatic heterocycles. The Kier molecular flexibility index (Phi) is 13.6. The number of fused-ring (bicyclic) bond motifs is 1.